The Balaban J connectivity index is 1.15. The third-order valence-corrected chi connectivity index (χ3v) is 8.01. The molecule has 2 aliphatic rings. The zero-order valence-corrected chi connectivity index (χ0v) is 25.4. The Bertz CT molecular complexity index is 1420. The summed E-state index contributed by atoms with van der Waals surface area (Å²) in [5.41, 5.74) is 0.699. The van der Waals surface area contributed by atoms with Crippen LogP contribution in [0.1, 0.15) is 19.4 Å². The van der Waals surface area contributed by atoms with Crippen molar-refractivity contribution in [2.24, 2.45) is 5.41 Å². The second-order valence-corrected chi connectivity index (χ2v) is 12.0. The molecule has 2 atom stereocenters. The lowest BCUT2D eigenvalue weighted by Gasteiger charge is -2.39. The maximum atomic E-state index is 12.9. The smallest absolute Gasteiger partial charge is 0.294 e. The van der Waals surface area contributed by atoms with Gasteiger partial charge >= 0.3 is 0 Å². The molecule has 14 heteroatoms. The van der Waals surface area contributed by atoms with Crippen LogP contribution in [0.3, 0.4) is 0 Å². The number of carbonyl (C=O) groups is 1. The van der Waals surface area contributed by atoms with Crippen LogP contribution in [0.5, 0.6) is 5.75 Å². The molecule has 0 N–H and O–H groups in total. The summed E-state index contributed by atoms with van der Waals surface area (Å²) < 4.78 is 20.6. The van der Waals surface area contributed by atoms with Crippen LogP contribution in [-0.4, -0.2) is 77.5 Å². The molecule has 0 spiro atoms. The van der Waals surface area contributed by atoms with Gasteiger partial charge in [0.2, 0.25) is 11.7 Å². The van der Waals surface area contributed by atoms with E-state index in [1.165, 1.54) is 0 Å². The van der Waals surface area contributed by atoms with E-state index in [2.05, 4.69) is 14.7 Å². The zero-order chi connectivity index (χ0) is 30.6. The summed E-state index contributed by atoms with van der Waals surface area (Å²) in [5.74, 6) is -0.605. The van der Waals surface area contributed by atoms with Gasteiger partial charge in [-0.1, -0.05) is 29.3 Å². The van der Waals surface area contributed by atoms with E-state index >= 15 is 0 Å². The first-order valence-electron chi connectivity index (χ1n) is 13.8. The minimum Gasteiger partial charge on any atom is -0.491 e. The van der Waals surface area contributed by atoms with Gasteiger partial charge in [-0.25, -0.2) is 4.98 Å². The second kappa shape index (κ2) is 13.0. The van der Waals surface area contributed by atoms with E-state index in [0.29, 0.717) is 60.7 Å². The van der Waals surface area contributed by atoms with Crippen LogP contribution in [0.25, 0.3) is 0 Å². The van der Waals surface area contributed by atoms with Gasteiger partial charge in [-0.05, 0) is 50.2 Å². The molecule has 0 unspecified atom stereocenters. The Morgan fingerprint density at radius 1 is 1.16 bits per heavy atom. The zero-order valence-electron chi connectivity index (χ0n) is 23.9. The van der Waals surface area contributed by atoms with Crippen molar-refractivity contribution in [2.45, 2.75) is 32.3 Å². The Kier molecular flexibility index (Phi) is 9.30. The van der Waals surface area contributed by atoms with Crippen molar-refractivity contribution >= 4 is 34.8 Å². The molecule has 12 nitrogen and oxygen atoms in total. The van der Waals surface area contributed by atoms with Gasteiger partial charge in [0.05, 0.1) is 29.9 Å². The molecule has 5 rings (SSSR count). The van der Waals surface area contributed by atoms with E-state index in [-0.39, 0.29) is 25.2 Å². The first kappa shape index (κ1) is 30.9. The molecule has 230 valence electrons. The lowest BCUT2D eigenvalue weighted by Crippen LogP contribution is -2.53. The summed E-state index contributed by atoms with van der Waals surface area (Å²) in [6.45, 7) is 6.25. The van der Waals surface area contributed by atoms with Gasteiger partial charge in [-0.15, -0.1) is 10.1 Å². The van der Waals surface area contributed by atoms with Crippen molar-refractivity contribution in [1.29, 1.82) is 0 Å². The van der Waals surface area contributed by atoms with Gasteiger partial charge in [-0.2, -0.15) is 0 Å². The molecule has 3 aromatic rings. The summed E-state index contributed by atoms with van der Waals surface area (Å²) in [7, 11) is 0. The Labute approximate surface area is 259 Å². The number of hydrogen-bond acceptors (Lipinski definition) is 9. The van der Waals surface area contributed by atoms with Crippen LogP contribution in [0.2, 0.25) is 10.0 Å². The fourth-order valence-corrected chi connectivity index (χ4v) is 5.74. The maximum Gasteiger partial charge on any atom is 0.294 e. The fourth-order valence-electron chi connectivity index (χ4n) is 5.19. The SMILES string of the molecule is CC(C)(CO[N+](=O)[O-])C(=O)N1CCN(c2ccc(OC[C@H]3CO[C@](Cn4ccnc4)(c4ccc(Cl)cc4Cl)O3)cc2)CC1. The van der Waals surface area contributed by atoms with Crippen molar-refractivity contribution < 1.29 is 28.9 Å². The molecule has 0 bridgehead atoms. The number of halogens is 2. The molecule has 2 saturated heterocycles. The second-order valence-electron chi connectivity index (χ2n) is 11.1. The van der Waals surface area contributed by atoms with Gasteiger partial charge in [0, 0.05) is 54.8 Å². The molecule has 1 aromatic heterocycles. The summed E-state index contributed by atoms with van der Waals surface area (Å²) in [4.78, 5) is 35.9. The Hall–Kier alpha value is -3.58. The monoisotopic (exact) mass is 633 g/mol. The Morgan fingerprint density at radius 3 is 2.56 bits per heavy atom. The number of hydrogen-bond donors (Lipinski definition) is 0. The Morgan fingerprint density at radius 2 is 1.91 bits per heavy atom. The number of amides is 1. The number of aromatic nitrogens is 2. The number of anilines is 1. The molecule has 1 amide bonds. The van der Waals surface area contributed by atoms with Gasteiger partial charge in [0.25, 0.3) is 5.09 Å². The summed E-state index contributed by atoms with van der Waals surface area (Å²) in [5, 5.41) is 10.6. The van der Waals surface area contributed by atoms with E-state index in [1.807, 2.05) is 41.1 Å². The first-order chi connectivity index (χ1) is 20.5. The lowest BCUT2D eigenvalue weighted by atomic mass is 9.92. The predicted molar refractivity (Wildman–Crippen MR) is 159 cm³/mol. The van der Waals surface area contributed by atoms with E-state index in [9.17, 15) is 14.9 Å². The molecule has 2 aromatic carbocycles. The average Bonchev–Trinajstić information content (AvgIpc) is 3.65. The highest BCUT2D eigenvalue weighted by Gasteiger charge is 2.45. The van der Waals surface area contributed by atoms with E-state index < -0.39 is 16.3 Å². The molecule has 0 radical (unpaired) electrons. The van der Waals surface area contributed by atoms with Gasteiger partial charge in [-0.3, -0.25) is 4.79 Å². The maximum absolute atomic E-state index is 12.9. The van der Waals surface area contributed by atoms with Crippen LogP contribution in [-0.2, 0) is 31.4 Å². The topological polar surface area (TPSA) is 121 Å². The number of piperazine rings is 1. The number of nitrogens with zero attached hydrogens (tertiary/aromatic N) is 5. The summed E-state index contributed by atoms with van der Waals surface area (Å²) >= 11 is 12.7. The minimum atomic E-state index is -1.13. The molecule has 2 aliphatic heterocycles. The summed E-state index contributed by atoms with van der Waals surface area (Å²) in [6, 6.07) is 13.0. The third kappa shape index (κ3) is 7.32. The molecule has 3 heterocycles. The van der Waals surface area contributed by atoms with E-state index in [4.69, 9.17) is 37.4 Å². The van der Waals surface area contributed by atoms with Crippen molar-refractivity contribution in [2.75, 3.05) is 50.9 Å². The molecule has 0 saturated carbocycles. The largest absolute Gasteiger partial charge is 0.491 e. The van der Waals surface area contributed by atoms with Crippen molar-refractivity contribution in [1.82, 2.24) is 14.5 Å². The van der Waals surface area contributed by atoms with E-state index in [1.54, 1.807) is 43.4 Å². The average molecular weight is 635 g/mol. The van der Waals surface area contributed by atoms with Crippen molar-refractivity contribution in [3.8, 4) is 5.75 Å². The highest BCUT2D eigenvalue weighted by molar-refractivity contribution is 6.35. The standard InChI is InChI=1S/C29H33Cl2N5O7/c1-28(2,19-42-36(38)39)27(37)35-13-11-34(12-14-35)22-4-6-23(7-5-22)40-16-24-17-41-29(43-24,18-33-10-9-32-20-33)25-8-3-21(30)15-26(25)31/h3-10,15,20,24H,11-14,16-19H2,1-2H3/t24-,29-/m0/s1. The summed E-state index contributed by atoms with van der Waals surface area (Å²) in [6.07, 6.45) is 4.86. The lowest BCUT2D eigenvalue weighted by molar-refractivity contribution is -0.760. The minimum absolute atomic E-state index is 0.164. The third-order valence-electron chi connectivity index (χ3n) is 7.47. The predicted octanol–water partition coefficient (Wildman–Crippen LogP) is 4.42. The number of carbonyl (C=O) groups excluding carboxylic acids is 1. The number of imidazole rings is 1. The van der Waals surface area contributed by atoms with Gasteiger partial charge in [0.15, 0.2) is 0 Å². The highest BCUT2D eigenvalue weighted by Crippen LogP contribution is 2.40. The van der Waals surface area contributed by atoms with E-state index in [0.717, 1.165) is 5.69 Å². The van der Waals surface area contributed by atoms with Crippen LogP contribution in [0.15, 0.2) is 61.2 Å². The number of ether oxygens (including phenoxy) is 3. The fraction of sp³-hybridized carbons (Fsp3) is 0.448. The molecular weight excluding hydrogens is 601 g/mol. The molecule has 2 fully saturated rings. The number of benzene rings is 2. The number of rotatable bonds is 11. The quantitative estimate of drug-likeness (QED) is 0.223. The normalized spacial score (nSPS) is 20.7. The van der Waals surface area contributed by atoms with Crippen LogP contribution >= 0.6 is 23.2 Å². The molecular formula is C29H33Cl2N5O7. The highest BCUT2D eigenvalue weighted by atomic mass is 35.5. The molecule has 0 aliphatic carbocycles. The van der Waals surface area contributed by atoms with Gasteiger partial charge < -0.3 is 33.4 Å². The van der Waals surface area contributed by atoms with Crippen LogP contribution in [0, 0.1) is 15.5 Å². The van der Waals surface area contributed by atoms with Crippen molar-refractivity contribution in [3.05, 3.63) is 86.9 Å². The van der Waals surface area contributed by atoms with Gasteiger partial charge in [0.1, 0.15) is 25.1 Å². The van der Waals surface area contributed by atoms with Crippen molar-refractivity contribution in [3.63, 3.8) is 0 Å². The van der Waals surface area contributed by atoms with Crippen LogP contribution in [0.4, 0.5) is 5.69 Å². The van der Waals surface area contributed by atoms with Crippen LogP contribution < -0.4 is 9.64 Å². The first-order valence-corrected chi connectivity index (χ1v) is 14.6. The molecule has 43 heavy (non-hydrogen) atoms.